The first-order valence-corrected chi connectivity index (χ1v) is 10.6. The molecule has 0 spiro atoms. The van der Waals surface area contributed by atoms with Gasteiger partial charge in [0.15, 0.2) is 13.2 Å². The second kappa shape index (κ2) is 12.1. The van der Waals surface area contributed by atoms with Crippen molar-refractivity contribution in [2.24, 2.45) is 0 Å². The van der Waals surface area contributed by atoms with Gasteiger partial charge in [0.25, 0.3) is 11.8 Å². The highest BCUT2D eigenvalue weighted by Gasteiger charge is 2.19. The van der Waals surface area contributed by atoms with E-state index < -0.39 is 35.8 Å². The van der Waals surface area contributed by atoms with Gasteiger partial charge in [-0.15, -0.1) is 0 Å². The van der Waals surface area contributed by atoms with Crippen LogP contribution in [0.25, 0.3) is 10.8 Å². The number of rotatable bonds is 12. The van der Waals surface area contributed by atoms with Crippen LogP contribution in [0.2, 0.25) is 0 Å². The third-order valence-corrected chi connectivity index (χ3v) is 4.89. The maximum absolute atomic E-state index is 11.8. The fourth-order valence-electron chi connectivity index (χ4n) is 2.52. The molecule has 0 aliphatic rings. The molecule has 172 valence electrons. The molecule has 12 heteroatoms. The van der Waals surface area contributed by atoms with Crippen LogP contribution in [0.5, 0.6) is 11.5 Å². The Hall–Kier alpha value is -3.12. The molecule has 0 bridgehead atoms. The highest BCUT2D eigenvalue weighted by Crippen LogP contribution is 2.25. The van der Waals surface area contributed by atoms with E-state index in [1.54, 1.807) is 36.4 Å². The lowest BCUT2D eigenvalue weighted by Crippen LogP contribution is -2.44. The van der Waals surface area contributed by atoms with Crippen molar-refractivity contribution < 1.29 is 38.9 Å². The molecule has 0 heterocycles. The minimum Gasteiger partial charge on any atom is -0.484 e. The minimum absolute atomic E-state index is 0.0432. The average molecular weight is 483 g/mol. The number of aliphatic carboxylic acids is 2. The third-order valence-electron chi connectivity index (χ3n) is 4.15. The molecule has 2 aromatic carbocycles. The van der Waals surface area contributed by atoms with E-state index in [-0.39, 0.29) is 24.7 Å². The van der Waals surface area contributed by atoms with Crippen molar-refractivity contribution in [2.45, 2.75) is 12.1 Å². The monoisotopic (exact) mass is 482 g/mol. The molecular formula is C20H22N2O8S2. The van der Waals surface area contributed by atoms with Gasteiger partial charge in [0.1, 0.15) is 23.6 Å². The van der Waals surface area contributed by atoms with Crippen molar-refractivity contribution >= 4 is 59.8 Å². The molecule has 0 aliphatic carbocycles. The van der Waals surface area contributed by atoms with Crippen LogP contribution in [0.3, 0.4) is 0 Å². The highest BCUT2D eigenvalue weighted by molar-refractivity contribution is 7.80. The van der Waals surface area contributed by atoms with Crippen molar-refractivity contribution in [3.8, 4) is 11.5 Å². The number of nitrogens with one attached hydrogen (secondary N) is 2. The van der Waals surface area contributed by atoms with Crippen molar-refractivity contribution in [3.05, 3.63) is 36.4 Å². The minimum atomic E-state index is -1.18. The number of hydrogen-bond donors (Lipinski definition) is 6. The van der Waals surface area contributed by atoms with Gasteiger partial charge in [-0.1, -0.05) is 12.1 Å². The van der Waals surface area contributed by atoms with Gasteiger partial charge in [-0.2, -0.15) is 25.3 Å². The predicted molar refractivity (Wildman–Crippen MR) is 122 cm³/mol. The van der Waals surface area contributed by atoms with Gasteiger partial charge in [-0.05, 0) is 35.0 Å². The molecule has 0 aliphatic heterocycles. The van der Waals surface area contributed by atoms with E-state index in [9.17, 15) is 19.2 Å². The van der Waals surface area contributed by atoms with E-state index in [2.05, 4.69) is 35.9 Å². The largest absolute Gasteiger partial charge is 0.484 e. The molecule has 0 fully saturated rings. The summed E-state index contributed by atoms with van der Waals surface area (Å²) in [7, 11) is 0. The molecule has 2 atom stereocenters. The molecule has 0 saturated heterocycles. The number of ether oxygens (including phenoxy) is 2. The number of benzene rings is 2. The van der Waals surface area contributed by atoms with E-state index in [0.717, 1.165) is 10.8 Å². The Balaban J connectivity index is 1.93. The first kappa shape index (κ1) is 25.1. The summed E-state index contributed by atoms with van der Waals surface area (Å²) >= 11 is 7.75. The zero-order valence-electron chi connectivity index (χ0n) is 16.7. The number of hydrogen-bond acceptors (Lipinski definition) is 8. The molecule has 32 heavy (non-hydrogen) atoms. The molecule has 2 rings (SSSR count). The topological polar surface area (TPSA) is 151 Å². The fourth-order valence-corrected chi connectivity index (χ4v) is 3.02. The Morgan fingerprint density at radius 3 is 1.44 bits per heavy atom. The molecule has 0 aromatic heterocycles. The number of carbonyl (C=O) groups excluding carboxylic acids is 2. The van der Waals surface area contributed by atoms with Crippen molar-refractivity contribution in [1.29, 1.82) is 0 Å². The van der Waals surface area contributed by atoms with E-state index >= 15 is 0 Å². The lowest BCUT2D eigenvalue weighted by Gasteiger charge is -2.13. The number of carboxylic acids is 2. The average Bonchev–Trinajstić information content (AvgIpc) is 2.77. The molecular weight excluding hydrogens is 460 g/mol. The highest BCUT2D eigenvalue weighted by atomic mass is 32.1. The van der Waals surface area contributed by atoms with E-state index in [4.69, 9.17) is 19.7 Å². The van der Waals surface area contributed by atoms with Gasteiger partial charge < -0.3 is 30.3 Å². The number of carboxylic acid groups (broad SMARTS) is 2. The van der Waals surface area contributed by atoms with Gasteiger partial charge >= 0.3 is 11.9 Å². The smallest absolute Gasteiger partial charge is 0.327 e. The summed E-state index contributed by atoms with van der Waals surface area (Å²) in [6.07, 6.45) is 0. The second-order valence-electron chi connectivity index (χ2n) is 6.53. The van der Waals surface area contributed by atoms with Crippen LogP contribution in [-0.4, -0.2) is 70.8 Å². The zero-order valence-corrected chi connectivity index (χ0v) is 18.5. The van der Waals surface area contributed by atoms with Gasteiger partial charge in [-0.25, -0.2) is 9.59 Å². The molecule has 0 unspecified atom stereocenters. The number of thiol groups is 2. The van der Waals surface area contributed by atoms with Gasteiger partial charge in [0.2, 0.25) is 0 Å². The van der Waals surface area contributed by atoms with Crippen LogP contribution in [0, 0.1) is 0 Å². The summed E-state index contributed by atoms with van der Waals surface area (Å²) < 4.78 is 10.8. The summed E-state index contributed by atoms with van der Waals surface area (Å²) in [6.45, 7) is -0.716. The SMILES string of the molecule is O=C(COc1ccc2cc(OCC(=O)N[C@@H](CS)C(=O)O)ccc2c1)N[C@@H](CS)C(=O)O. The number of carbonyl (C=O) groups is 4. The first-order valence-electron chi connectivity index (χ1n) is 9.29. The maximum atomic E-state index is 11.8. The standard InChI is InChI=1S/C20H22N2O8S2/c23-17(21-15(9-31)19(25)26)7-29-13-3-1-11-5-14(4-2-12(11)6-13)30-8-18(24)22-16(10-32)20(27)28/h1-6,15-16,31-32H,7-10H2,(H,21,23)(H,22,24)(H,25,26)(H,27,28)/t15-,16-/m0/s1. The van der Waals surface area contributed by atoms with Crippen molar-refractivity contribution in [2.75, 3.05) is 24.7 Å². The lowest BCUT2D eigenvalue weighted by molar-refractivity contribution is -0.141. The summed E-state index contributed by atoms with van der Waals surface area (Å²) in [6, 6.07) is 7.90. The lowest BCUT2D eigenvalue weighted by atomic mass is 10.1. The first-order chi connectivity index (χ1) is 15.2. The molecule has 2 aromatic rings. The van der Waals surface area contributed by atoms with Crippen molar-refractivity contribution in [1.82, 2.24) is 10.6 Å². The predicted octanol–water partition coefficient (Wildman–Crippen LogP) is 0.596. The molecule has 4 N–H and O–H groups in total. The Morgan fingerprint density at radius 1 is 0.750 bits per heavy atom. The third kappa shape index (κ3) is 7.54. The van der Waals surface area contributed by atoms with Gasteiger partial charge in [0, 0.05) is 11.5 Å². The normalized spacial score (nSPS) is 12.4. The summed E-state index contributed by atoms with van der Waals surface area (Å²) in [5.74, 6) is -2.81. The van der Waals surface area contributed by atoms with Crippen LogP contribution < -0.4 is 20.1 Å². The van der Waals surface area contributed by atoms with Crippen LogP contribution in [0.1, 0.15) is 0 Å². The van der Waals surface area contributed by atoms with Crippen LogP contribution in [0.15, 0.2) is 36.4 Å². The van der Waals surface area contributed by atoms with Crippen LogP contribution in [-0.2, 0) is 19.2 Å². The summed E-state index contributed by atoms with van der Waals surface area (Å²) in [5, 5.41) is 24.0. The molecule has 0 radical (unpaired) electrons. The van der Waals surface area contributed by atoms with E-state index in [1.165, 1.54) is 0 Å². The Kier molecular flexibility index (Phi) is 9.47. The number of fused-ring (bicyclic) bond motifs is 1. The quantitative estimate of drug-likeness (QED) is 0.241. The Labute approximate surface area is 194 Å². The summed E-state index contributed by atoms with van der Waals surface area (Å²) in [5.41, 5.74) is 0. The number of amides is 2. The van der Waals surface area contributed by atoms with Gasteiger partial charge in [0.05, 0.1) is 0 Å². The Morgan fingerprint density at radius 2 is 1.12 bits per heavy atom. The van der Waals surface area contributed by atoms with E-state index in [0.29, 0.717) is 11.5 Å². The van der Waals surface area contributed by atoms with Gasteiger partial charge in [-0.3, -0.25) is 9.59 Å². The van der Waals surface area contributed by atoms with E-state index in [1.807, 2.05) is 0 Å². The molecule has 0 saturated carbocycles. The molecule has 2 amide bonds. The van der Waals surface area contributed by atoms with Crippen LogP contribution >= 0.6 is 25.3 Å². The molecule has 10 nitrogen and oxygen atoms in total. The van der Waals surface area contributed by atoms with Crippen molar-refractivity contribution in [3.63, 3.8) is 0 Å². The fraction of sp³-hybridized carbons (Fsp3) is 0.300. The second-order valence-corrected chi connectivity index (χ2v) is 7.26. The van der Waals surface area contributed by atoms with Crippen LogP contribution in [0.4, 0.5) is 0 Å². The Bertz CT molecular complexity index is 921. The zero-order chi connectivity index (χ0) is 23.7. The summed E-state index contributed by atoms with van der Waals surface area (Å²) in [4.78, 5) is 45.5. The maximum Gasteiger partial charge on any atom is 0.327 e.